The van der Waals surface area contributed by atoms with E-state index in [1.165, 1.54) is 24.3 Å². The van der Waals surface area contributed by atoms with Crippen LogP contribution in [-0.2, 0) is 44.9 Å². The van der Waals surface area contributed by atoms with Crippen molar-refractivity contribution in [2.45, 2.75) is 25.7 Å². The average molecular weight is 440 g/mol. The zero-order chi connectivity index (χ0) is 23.7. The van der Waals surface area contributed by atoms with E-state index in [0.717, 1.165) is 0 Å². The lowest BCUT2D eigenvalue weighted by Gasteiger charge is -2.25. The van der Waals surface area contributed by atoms with Crippen LogP contribution >= 0.6 is 0 Å². The highest BCUT2D eigenvalue weighted by Crippen LogP contribution is 2.36. The van der Waals surface area contributed by atoms with E-state index in [1.54, 1.807) is 0 Å². The van der Waals surface area contributed by atoms with Crippen molar-refractivity contribution < 1.29 is 49.2 Å². The van der Waals surface area contributed by atoms with Crippen molar-refractivity contribution in [2.24, 2.45) is 0 Å². The fraction of sp³-hybridized carbons (Fsp3) is 0.182. The molecule has 2 aromatic carbocycles. The molecule has 1 aliphatic carbocycles. The van der Waals surface area contributed by atoms with E-state index in [4.69, 9.17) is 0 Å². The lowest BCUT2D eigenvalue weighted by molar-refractivity contribution is -0.137. The quantitative estimate of drug-likeness (QED) is 0.393. The number of fused-ring (bicyclic) bond motifs is 2. The molecule has 2 aromatic rings. The molecule has 0 bridgehead atoms. The van der Waals surface area contributed by atoms with E-state index in [2.05, 4.69) is 0 Å². The molecule has 10 nitrogen and oxygen atoms in total. The summed E-state index contributed by atoms with van der Waals surface area (Å²) in [4.78, 5) is 72.2. The molecule has 4 N–H and O–H groups in total. The molecule has 0 saturated carbocycles. The van der Waals surface area contributed by atoms with Crippen LogP contribution in [-0.4, -0.2) is 55.9 Å². The van der Waals surface area contributed by atoms with Gasteiger partial charge in [0.2, 0.25) is 0 Å². The predicted molar refractivity (Wildman–Crippen MR) is 105 cm³/mol. The van der Waals surface area contributed by atoms with Crippen LogP contribution in [0.15, 0.2) is 24.3 Å². The number of ketones is 2. The van der Waals surface area contributed by atoms with Gasteiger partial charge in [-0.25, -0.2) is 0 Å². The van der Waals surface area contributed by atoms with Crippen LogP contribution in [0.25, 0.3) is 0 Å². The Morgan fingerprint density at radius 1 is 0.469 bits per heavy atom. The maximum atomic E-state index is 13.5. The van der Waals surface area contributed by atoms with Crippen molar-refractivity contribution in [2.75, 3.05) is 0 Å². The maximum absolute atomic E-state index is 13.5. The smallest absolute Gasteiger partial charge is 0.307 e. The first-order valence-electron chi connectivity index (χ1n) is 9.27. The molecule has 164 valence electrons. The van der Waals surface area contributed by atoms with Crippen molar-refractivity contribution in [1.82, 2.24) is 0 Å². The summed E-state index contributed by atoms with van der Waals surface area (Å²) in [5.41, 5.74) is -1.34. The molecule has 0 heterocycles. The van der Waals surface area contributed by atoms with Gasteiger partial charge in [-0.05, 0) is 22.3 Å². The van der Waals surface area contributed by atoms with Gasteiger partial charge in [0.15, 0.2) is 11.6 Å². The second-order valence-corrected chi connectivity index (χ2v) is 7.21. The van der Waals surface area contributed by atoms with Crippen molar-refractivity contribution in [1.29, 1.82) is 0 Å². The Morgan fingerprint density at radius 3 is 0.812 bits per heavy atom. The highest BCUT2D eigenvalue weighted by atomic mass is 16.4. The molecule has 0 spiro atoms. The van der Waals surface area contributed by atoms with Crippen molar-refractivity contribution in [3.63, 3.8) is 0 Å². The Bertz CT molecular complexity index is 1040. The number of hydrogen-bond donors (Lipinski definition) is 4. The Kier molecular flexibility index (Phi) is 5.88. The van der Waals surface area contributed by atoms with E-state index in [1.807, 2.05) is 0 Å². The van der Waals surface area contributed by atoms with Crippen molar-refractivity contribution in [3.05, 3.63) is 68.8 Å². The number of carboxylic acids is 4. The number of aliphatic carboxylic acids is 4. The fourth-order valence-electron chi connectivity index (χ4n) is 3.91. The van der Waals surface area contributed by atoms with E-state index >= 15 is 0 Å². The van der Waals surface area contributed by atoms with Gasteiger partial charge in [-0.2, -0.15) is 0 Å². The molecule has 0 unspecified atom stereocenters. The standard InChI is InChI=1S/C22H16O10/c23-13(24)5-9-1-2-10(6-14(25)26)18-17(9)21(31)19-11(7-15(27)28)3-4-12(8-16(29)30)20(19)22(18)32/h1-4H,5-8H2,(H,23,24)(H,25,26)(H,27,28)(H,29,30). The van der Waals surface area contributed by atoms with Crippen LogP contribution in [0.3, 0.4) is 0 Å². The van der Waals surface area contributed by atoms with Crippen LogP contribution < -0.4 is 0 Å². The Morgan fingerprint density at radius 2 is 0.656 bits per heavy atom. The summed E-state index contributed by atoms with van der Waals surface area (Å²) in [5.74, 6) is -6.88. The lowest BCUT2D eigenvalue weighted by atomic mass is 9.75. The largest absolute Gasteiger partial charge is 0.481 e. The van der Waals surface area contributed by atoms with Crippen LogP contribution in [0.5, 0.6) is 0 Å². The molecule has 0 atom stereocenters. The van der Waals surface area contributed by atoms with Crippen LogP contribution in [0.1, 0.15) is 54.1 Å². The molecular weight excluding hydrogens is 424 g/mol. The minimum atomic E-state index is -1.30. The van der Waals surface area contributed by atoms with E-state index in [0.29, 0.717) is 0 Å². The van der Waals surface area contributed by atoms with Gasteiger partial charge in [-0.3, -0.25) is 28.8 Å². The maximum Gasteiger partial charge on any atom is 0.307 e. The van der Waals surface area contributed by atoms with Crippen molar-refractivity contribution >= 4 is 35.4 Å². The third-order valence-corrected chi connectivity index (χ3v) is 5.03. The summed E-state index contributed by atoms with van der Waals surface area (Å²) in [6.45, 7) is 0. The second kappa shape index (κ2) is 8.42. The molecule has 0 radical (unpaired) electrons. The summed E-state index contributed by atoms with van der Waals surface area (Å²) in [7, 11) is 0. The predicted octanol–water partition coefficient (Wildman–Crippen LogP) is 0.970. The van der Waals surface area contributed by atoms with Gasteiger partial charge < -0.3 is 20.4 Å². The third-order valence-electron chi connectivity index (χ3n) is 5.03. The van der Waals surface area contributed by atoms with Gasteiger partial charge in [-0.15, -0.1) is 0 Å². The zero-order valence-electron chi connectivity index (χ0n) is 16.4. The Hall–Kier alpha value is -4.34. The number of rotatable bonds is 8. The van der Waals surface area contributed by atoms with Gasteiger partial charge in [0.05, 0.1) is 25.7 Å². The SMILES string of the molecule is O=C(O)Cc1ccc(CC(=O)O)c2c1C(=O)c1c(CC(=O)O)ccc(CC(=O)O)c1C2=O. The Balaban J connectivity index is 2.39. The molecule has 3 rings (SSSR count). The second-order valence-electron chi connectivity index (χ2n) is 7.21. The lowest BCUT2D eigenvalue weighted by Crippen LogP contribution is -2.29. The Labute approximate surface area is 179 Å². The minimum Gasteiger partial charge on any atom is -0.481 e. The monoisotopic (exact) mass is 440 g/mol. The fourth-order valence-corrected chi connectivity index (χ4v) is 3.91. The highest BCUT2D eigenvalue weighted by Gasteiger charge is 2.38. The topological polar surface area (TPSA) is 183 Å². The third kappa shape index (κ3) is 4.10. The highest BCUT2D eigenvalue weighted by molar-refractivity contribution is 6.31. The van der Waals surface area contributed by atoms with Gasteiger partial charge >= 0.3 is 23.9 Å². The molecular formula is C22H16O10. The molecule has 0 saturated heterocycles. The van der Waals surface area contributed by atoms with Gasteiger partial charge in [-0.1, -0.05) is 24.3 Å². The summed E-state index contributed by atoms with van der Waals surface area (Å²) < 4.78 is 0. The molecule has 1 aliphatic rings. The normalized spacial score (nSPS) is 12.1. The summed E-state index contributed by atoms with van der Waals surface area (Å²) >= 11 is 0. The number of benzene rings is 2. The zero-order valence-corrected chi connectivity index (χ0v) is 16.4. The van der Waals surface area contributed by atoms with Crippen LogP contribution in [0.2, 0.25) is 0 Å². The van der Waals surface area contributed by atoms with Gasteiger partial charge in [0, 0.05) is 22.3 Å². The average Bonchev–Trinajstić information content (AvgIpc) is 2.66. The number of hydrogen-bond acceptors (Lipinski definition) is 6. The molecule has 0 aromatic heterocycles. The molecule has 0 amide bonds. The van der Waals surface area contributed by atoms with E-state index in [-0.39, 0.29) is 44.5 Å². The first-order valence-corrected chi connectivity index (χ1v) is 9.27. The van der Waals surface area contributed by atoms with Gasteiger partial charge in [0.25, 0.3) is 0 Å². The number of carbonyl (C=O) groups is 6. The number of carboxylic acid groups (broad SMARTS) is 4. The van der Waals surface area contributed by atoms with Crippen LogP contribution in [0, 0.1) is 0 Å². The minimum absolute atomic E-state index is 0.0319. The van der Waals surface area contributed by atoms with Crippen molar-refractivity contribution in [3.8, 4) is 0 Å². The molecule has 0 fully saturated rings. The molecule has 32 heavy (non-hydrogen) atoms. The van der Waals surface area contributed by atoms with E-state index in [9.17, 15) is 49.2 Å². The first-order chi connectivity index (χ1) is 15.0. The summed E-state index contributed by atoms with van der Waals surface area (Å²) in [6.07, 6.45) is -2.53. The summed E-state index contributed by atoms with van der Waals surface area (Å²) in [6, 6.07) is 5.00. The van der Waals surface area contributed by atoms with Gasteiger partial charge in [0.1, 0.15) is 0 Å². The van der Waals surface area contributed by atoms with E-state index < -0.39 is 61.1 Å². The summed E-state index contributed by atoms with van der Waals surface area (Å²) in [5, 5.41) is 36.9. The van der Waals surface area contributed by atoms with Crippen LogP contribution in [0.4, 0.5) is 0 Å². The number of carbonyl (C=O) groups excluding carboxylic acids is 2. The molecule has 0 aliphatic heterocycles. The first kappa shape index (κ1) is 22.3. The molecule has 10 heteroatoms.